The van der Waals surface area contributed by atoms with Crippen molar-refractivity contribution < 1.29 is 4.74 Å². The Morgan fingerprint density at radius 1 is 1.29 bits per heavy atom. The molecule has 0 aromatic carbocycles. The van der Waals surface area contributed by atoms with Crippen molar-refractivity contribution in [3.63, 3.8) is 0 Å². The molecule has 1 atom stereocenters. The minimum atomic E-state index is 0.0646. The molecule has 5 heteroatoms. The van der Waals surface area contributed by atoms with E-state index < -0.39 is 0 Å². The number of hydrogen-bond acceptors (Lipinski definition) is 4. The van der Waals surface area contributed by atoms with Crippen LogP contribution in [0.4, 0.5) is 0 Å². The van der Waals surface area contributed by atoms with Gasteiger partial charge in [0.25, 0.3) is 0 Å². The lowest BCUT2D eigenvalue weighted by Crippen LogP contribution is -2.31. The molecule has 1 aliphatic heterocycles. The Morgan fingerprint density at radius 2 is 2.17 bits per heavy atom. The molecule has 1 N–H and O–H groups in total. The second kappa shape index (κ2) is 7.45. The predicted octanol–water partition coefficient (Wildman–Crippen LogP) is 3.28. The number of pyridine rings is 1. The van der Waals surface area contributed by atoms with Gasteiger partial charge in [-0.05, 0) is 31.0 Å². The molecule has 0 spiro atoms. The van der Waals surface area contributed by atoms with Gasteiger partial charge in [-0.1, -0.05) is 26.8 Å². The first kappa shape index (κ1) is 17.1. The average Bonchev–Trinajstić information content (AvgIpc) is 3.19. The minimum Gasteiger partial charge on any atom is -0.377 e. The van der Waals surface area contributed by atoms with Gasteiger partial charge < -0.3 is 4.74 Å². The molecule has 3 heterocycles. The van der Waals surface area contributed by atoms with E-state index in [0.717, 1.165) is 49.7 Å². The minimum absolute atomic E-state index is 0.0646. The Labute approximate surface area is 144 Å². The Kier molecular flexibility index (Phi) is 5.31. The van der Waals surface area contributed by atoms with Crippen molar-refractivity contribution in [2.24, 2.45) is 0 Å². The zero-order valence-corrected chi connectivity index (χ0v) is 15.0. The maximum atomic E-state index is 5.83. The van der Waals surface area contributed by atoms with Crippen molar-refractivity contribution in [2.75, 3.05) is 13.2 Å². The van der Waals surface area contributed by atoms with Crippen LogP contribution in [0.15, 0.2) is 30.5 Å². The van der Waals surface area contributed by atoms with E-state index in [1.807, 2.05) is 18.3 Å². The average molecular weight is 328 g/mol. The van der Waals surface area contributed by atoms with Crippen LogP contribution in [0.2, 0.25) is 0 Å². The topological polar surface area (TPSA) is 54.0 Å². The fourth-order valence-corrected chi connectivity index (χ4v) is 3.05. The summed E-state index contributed by atoms with van der Waals surface area (Å²) in [6, 6.07) is 8.26. The summed E-state index contributed by atoms with van der Waals surface area (Å²) in [6.07, 6.45) is 4.50. The fraction of sp³-hybridized carbons (Fsp3) is 0.579. The summed E-state index contributed by atoms with van der Waals surface area (Å²) < 4.78 is 5.83. The van der Waals surface area contributed by atoms with E-state index in [1.54, 1.807) is 0 Å². The number of rotatable bonds is 6. The van der Waals surface area contributed by atoms with Crippen LogP contribution in [0.25, 0.3) is 0 Å². The molecular formula is C19H28N4O. The number of nitrogens with zero attached hydrogens (tertiary/aromatic N) is 3. The number of hydrogen-bond donors (Lipinski definition) is 1. The van der Waals surface area contributed by atoms with E-state index in [2.05, 4.69) is 53.0 Å². The third-order valence-electron chi connectivity index (χ3n) is 4.39. The molecule has 1 aliphatic rings. The van der Waals surface area contributed by atoms with Crippen molar-refractivity contribution in [1.82, 2.24) is 20.1 Å². The van der Waals surface area contributed by atoms with Gasteiger partial charge in [0.2, 0.25) is 0 Å². The summed E-state index contributed by atoms with van der Waals surface area (Å²) in [7, 11) is 0. The van der Waals surface area contributed by atoms with Gasteiger partial charge in [-0.3, -0.25) is 15.0 Å². The van der Waals surface area contributed by atoms with Gasteiger partial charge in [0.1, 0.15) is 0 Å². The zero-order valence-electron chi connectivity index (χ0n) is 15.0. The SMILES string of the molecule is CC(C)(C)c1cc(CN(Cc2ccccn2)C[C@@H]2CCCO2)[nH]n1. The van der Waals surface area contributed by atoms with Gasteiger partial charge in [-0.25, -0.2) is 0 Å². The highest BCUT2D eigenvalue weighted by atomic mass is 16.5. The molecule has 0 amide bonds. The molecule has 0 bridgehead atoms. The van der Waals surface area contributed by atoms with Gasteiger partial charge in [0.05, 0.1) is 17.5 Å². The summed E-state index contributed by atoms with van der Waals surface area (Å²) in [4.78, 5) is 6.87. The standard InChI is InChI=1S/C19H28N4O/c1-19(2,3)18-11-16(21-22-18)13-23(14-17-8-6-10-24-17)12-15-7-4-5-9-20-15/h4-5,7,9,11,17H,6,8,10,12-14H2,1-3H3,(H,21,22)/t17-/m0/s1. The molecule has 0 unspecified atom stereocenters. The zero-order chi connectivity index (χ0) is 17.0. The fourth-order valence-electron chi connectivity index (χ4n) is 3.05. The van der Waals surface area contributed by atoms with E-state index in [4.69, 9.17) is 4.74 Å². The molecule has 0 radical (unpaired) electrons. The lowest BCUT2D eigenvalue weighted by Gasteiger charge is -2.24. The molecule has 5 nitrogen and oxygen atoms in total. The summed E-state index contributed by atoms with van der Waals surface area (Å²) in [6.45, 7) is 10.0. The van der Waals surface area contributed by atoms with Gasteiger partial charge >= 0.3 is 0 Å². The second-order valence-electron chi connectivity index (χ2n) is 7.65. The predicted molar refractivity (Wildman–Crippen MR) is 94.6 cm³/mol. The Morgan fingerprint density at radius 3 is 2.79 bits per heavy atom. The third kappa shape index (κ3) is 4.65. The van der Waals surface area contributed by atoms with E-state index in [9.17, 15) is 0 Å². The van der Waals surface area contributed by atoms with Crippen molar-refractivity contribution >= 4 is 0 Å². The van der Waals surface area contributed by atoms with Crippen LogP contribution < -0.4 is 0 Å². The molecule has 24 heavy (non-hydrogen) atoms. The first-order valence-electron chi connectivity index (χ1n) is 8.79. The maximum Gasteiger partial charge on any atom is 0.0703 e. The van der Waals surface area contributed by atoms with E-state index in [0.29, 0.717) is 6.10 Å². The number of ether oxygens (including phenoxy) is 1. The molecule has 2 aromatic rings. The van der Waals surface area contributed by atoms with Crippen LogP contribution in [0.5, 0.6) is 0 Å². The number of aromatic nitrogens is 3. The third-order valence-corrected chi connectivity index (χ3v) is 4.39. The van der Waals surface area contributed by atoms with E-state index in [1.165, 1.54) is 6.42 Å². The van der Waals surface area contributed by atoms with Crippen molar-refractivity contribution in [3.05, 3.63) is 47.5 Å². The summed E-state index contributed by atoms with van der Waals surface area (Å²) >= 11 is 0. The first-order valence-corrected chi connectivity index (χ1v) is 8.79. The normalized spacial score (nSPS) is 18.4. The van der Waals surface area contributed by atoms with Crippen molar-refractivity contribution in [3.8, 4) is 0 Å². The highest BCUT2D eigenvalue weighted by molar-refractivity contribution is 5.16. The molecule has 0 aliphatic carbocycles. The molecular weight excluding hydrogens is 300 g/mol. The molecule has 1 saturated heterocycles. The smallest absolute Gasteiger partial charge is 0.0703 e. The number of H-pyrrole nitrogens is 1. The monoisotopic (exact) mass is 328 g/mol. The lowest BCUT2D eigenvalue weighted by molar-refractivity contribution is 0.0670. The molecule has 0 saturated carbocycles. The van der Waals surface area contributed by atoms with Gasteiger partial charge in [-0.15, -0.1) is 0 Å². The van der Waals surface area contributed by atoms with Crippen LogP contribution >= 0.6 is 0 Å². The highest BCUT2D eigenvalue weighted by Crippen LogP contribution is 2.22. The lowest BCUT2D eigenvalue weighted by atomic mass is 9.92. The molecule has 130 valence electrons. The highest BCUT2D eigenvalue weighted by Gasteiger charge is 2.22. The van der Waals surface area contributed by atoms with Gasteiger partial charge in [0, 0.05) is 43.5 Å². The van der Waals surface area contributed by atoms with E-state index in [-0.39, 0.29) is 5.41 Å². The summed E-state index contributed by atoms with van der Waals surface area (Å²) in [5.74, 6) is 0. The summed E-state index contributed by atoms with van der Waals surface area (Å²) in [5, 5.41) is 7.68. The molecule has 1 fully saturated rings. The van der Waals surface area contributed by atoms with Crippen molar-refractivity contribution in [1.29, 1.82) is 0 Å². The van der Waals surface area contributed by atoms with Crippen LogP contribution in [0.3, 0.4) is 0 Å². The van der Waals surface area contributed by atoms with Crippen LogP contribution in [-0.2, 0) is 23.2 Å². The van der Waals surface area contributed by atoms with Gasteiger partial charge in [-0.2, -0.15) is 5.10 Å². The van der Waals surface area contributed by atoms with Crippen LogP contribution in [0, 0.1) is 0 Å². The Balaban J connectivity index is 1.70. The molecule has 2 aromatic heterocycles. The quantitative estimate of drug-likeness (QED) is 0.884. The van der Waals surface area contributed by atoms with Crippen molar-refractivity contribution in [2.45, 2.75) is 58.2 Å². The second-order valence-corrected chi connectivity index (χ2v) is 7.65. The summed E-state index contributed by atoms with van der Waals surface area (Å²) in [5.41, 5.74) is 3.40. The largest absolute Gasteiger partial charge is 0.377 e. The number of aromatic amines is 1. The first-order chi connectivity index (χ1) is 11.5. The van der Waals surface area contributed by atoms with Gasteiger partial charge in [0.15, 0.2) is 0 Å². The molecule has 3 rings (SSSR count). The Bertz CT molecular complexity index is 626. The Hall–Kier alpha value is -1.72. The van der Waals surface area contributed by atoms with Crippen LogP contribution in [0.1, 0.15) is 50.7 Å². The van der Waals surface area contributed by atoms with Crippen LogP contribution in [-0.4, -0.2) is 39.3 Å². The van der Waals surface area contributed by atoms with E-state index >= 15 is 0 Å². The number of nitrogens with one attached hydrogen (secondary N) is 1. The maximum absolute atomic E-state index is 5.83.